The Bertz CT molecular complexity index is 717. The van der Waals surface area contributed by atoms with Crippen LogP contribution in [0.25, 0.3) is 0 Å². The Morgan fingerprint density at radius 3 is 2.70 bits per heavy atom. The number of nitriles is 1. The van der Waals surface area contributed by atoms with Crippen molar-refractivity contribution in [1.29, 1.82) is 5.26 Å². The molecule has 1 saturated heterocycles. The fourth-order valence-corrected chi connectivity index (χ4v) is 3.99. The van der Waals surface area contributed by atoms with E-state index in [1.165, 1.54) is 15.9 Å². The number of urea groups is 1. The van der Waals surface area contributed by atoms with Gasteiger partial charge in [0.15, 0.2) is 6.23 Å². The summed E-state index contributed by atoms with van der Waals surface area (Å²) in [6.45, 7) is 1.70. The lowest BCUT2D eigenvalue weighted by atomic mass is 9.92. The van der Waals surface area contributed by atoms with Gasteiger partial charge in [-0.05, 0) is 43.9 Å². The highest BCUT2D eigenvalue weighted by Crippen LogP contribution is 2.46. The fourth-order valence-electron chi connectivity index (χ4n) is 3.79. The molecule has 122 valence electrons. The second-order valence-corrected chi connectivity index (χ2v) is 6.55. The van der Waals surface area contributed by atoms with Crippen LogP contribution < -0.4 is 4.90 Å². The van der Waals surface area contributed by atoms with Crippen molar-refractivity contribution in [2.75, 3.05) is 11.9 Å². The zero-order valence-corrected chi connectivity index (χ0v) is 13.7. The van der Waals surface area contributed by atoms with E-state index in [0.717, 1.165) is 6.42 Å². The second kappa shape index (κ2) is 5.38. The molecule has 0 bridgehead atoms. The summed E-state index contributed by atoms with van der Waals surface area (Å²) >= 11 is 6.18. The molecule has 1 heterocycles. The average molecular weight is 336 g/mol. The van der Waals surface area contributed by atoms with Crippen LogP contribution >= 0.6 is 11.6 Å². The van der Waals surface area contributed by atoms with E-state index in [2.05, 4.69) is 0 Å². The maximum atomic E-state index is 12.7. The third-order valence-corrected chi connectivity index (χ3v) is 5.67. The summed E-state index contributed by atoms with van der Waals surface area (Å²) in [5, 5.41) is 30.5. The number of carbonyl (C=O) groups is 1. The van der Waals surface area contributed by atoms with Crippen molar-refractivity contribution in [1.82, 2.24) is 4.90 Å². The number of likely N-dealkylation sites (N-methyl/N-ethyl adjacent to an activating group) is 1. The first-order valence-corrected chi connectivity index (χ1v) is 7.86. The molecule has 3 rings (SSSR count). The van der Waals surface area contributed by atoms with Crippen molar-refractivity contribution >= 4 is 23.3 Å². The topological polar surface area (TPSA) is 87.8 Å². The van der Waals surface area contributed by atoms with Crippen LogP contribution in [0.3, 0.4) is 0 Å². The molecule has 3 atom stereocenters. The van der Waals surface area contributed by atoms with Crippen LogP contribution in [0.1, 0.15) is 30.4 Å². The monoisotopic (exact) mass is 335 g/mol. The van der Waals surface area contributed by atoms with Crippen molar-refractivity contribution in [3.05, 3.63) is 28.3 Å². The zero-order valence-electron chi connectivity index (χ0n) is 13.0. The van der Waals surface area contributed by atoms with Gasteiger partial charge in [0.1, 0.15) is 11.6 Å². The third-order valence-electron chi connectivity index (χ3n) is 5.18. The minimum absolute atomic E-state index is 0.264. The van der Waals surface area contributed by atoms with Crippen LogP contribution in [0.4, 0.5) is 10.5 Å². The lowest BCUT2D eigenvalue weighted by Crippen LogP contribution is -2.56. The molecule has 1 aliphatic heterocycles. The number of amides is 2. The Kier molecular flexibility index (Phi) is 3.75. The molecule has 6 nitrogen and oxygen atoms in total. The lowest BCUT2D eigenvalue weighted by Gasteiger charge is -2.36. The van der Waals surface area contributed by atoms with Crippen molar-refractivity contribution in [3.63, 3.8) is 0 Å². The van der Waals surface area contributed by atoms with Gasteiger partial charge in [-0.25, -0.2) is 4.79 Å². The first-order valence-electron chi connectivity index (χ1n) is 7.48. The molecule has 1 aromatic carbocycles. The van der Waals surface area contributed by atoms with Crippen molar-refractivity contribution in [2.24, 2.45) is 0 Å². The number of hydrogen-bond acceptors (Lipinski definition) is 4. The van der Waals surface area contributed by atoms with Crippen LogP contribution in [0, 0.1) is 18.3 Å². The van der Waals surface area contributed by atoms with Crippen molar-refractivity contribution in [3.8, 4) is 6.07 Å². The Labute approximate surface area is 139 Å². The Morgan fingerprint density at radius 1 is 1.43 bits per heavy atom. The lowest BCUT2D eigenvalue weighted by molar-refractivity contribution is -0.0310. The second-order valence-electron chi connectivity index (χ2n) is 6.17. The number of carbonyl (C=O) groups excluding carboxylic acids is 1. The quantitative estimate of drug-likeness (QED) is 0.821. The number of nitrogens with zero attached hydrogens (tertiary/aromatic N) is 3. The summed E-state index contributed by atoms with van der Waals surface area (Å²) < 4.78 is 0. The van der Waals surface area contributed by atoms with Crippen LogP contribution in [0.15, 0.2) is 12.1 Å². The normalized spacial score (nSPS) is 30.3. The maximum Gasteiger partial charge on any atom is 0.327 e. The van der Waals surface area contributed by atoms with Crippen LogP contribution in [0.5, 0.6) is 0 Å². The van der Waals surface area contributed by atoms with E-state index < -0.39 is 17.9 Å². The highest BCUT2D eigenvalue weighted by Gasteiger charge is 2.61. The van der Waals surface area contributed by atoms with Gasteiger partial charge in [-0.3, -0.25) is 4.90 Å². The van der Waals surface area contributed by atoms with E-state index in [-0.39, 0.29) is 11.1 Å². The molecule has 1 aromatic rings. The van der Waals surface area contributed by atoms with E-state index >= 15 is 0 Å². The van der Waals surface area contributed by atoms with Crippen molar-refractivity contribution in [2.45, 2.75) is 44.1 Å². The highest BCUT2D eigenvalue weighted by atomic mass is 35.5. The first-order chi connectivity index (χ1) is 10.9. The summed E-state index contributed by atoms with van der Waals surface area (Å²) in [5.74, 6) is 0. The SMILES string of the molecule is Cc1c(N2C(=O)N(C)[C@]3(CCC[C@@H]3O)[C@@H]2O)ccc(C#N)c1Cl. The van der Waals surface area contributed by atoms with Gasteiger partial charge in [0, 0.05) is 7.05 Å². The predicted molar refractivity (Wildman–Crippen MR) is 85.1 cm³/mol. The zero-order chi connectivity index (χ0) is 16.9. The Morgan fingerprint density at radius 2 is 2.13 bits per heavy atom. The van der Waals surface area contributed by atoms with Gasteiger partial charge in [-0.1, -0.05) is 11.6 Å². The molecule has 2 N–H and O–H groups in total. The molecule has 1 saturated carbocycles. The third kappa shape index (κ3) is 1.97. The molecule has 1 spiro atoms. The molecule has 7 heteroatoms. The summed E-state index contributed by atoms with van der Waals surface area (Å²) in [4.78, 5) is 15.4. The van der Waals surface area contributed by atoms with E-state index in [1.807, 2.05) is 6.07 Å². The molecule has 23 heavy (non-hydrogen) atoms. The molecule has 0 radical (unpaired) electrons. The summed E-state index contributed by atoms with van der Waals surface area (Å²) in [6.07, 6.45) is -0.102. The number of rotatable bonds is 1. The van der Waals surface area contributed by atoms with E-state index in [0.29, 0.717) is 29.7 Å². The number of aliphatic hydroxyl groups excluding tert-OH is 2. The van der Waals surface area contributed by atoms with Gasteiger partial charge < -0.3 is 15.1 Å². The molecule has 2 amide bonds. The molecule has 0 unspecified atom stereocenters. The van der Waals surface area contributed by atoms with Crippen LogP contribution in [-0.2, 0) is 0 Å². The van der Waals surface area contributed by atoms with Gasteiger partial charge in [0.05, 0.1) is 22.4 Å². The number of benzene rings is 1. The summed E-state index contributed by atoms with van der Waals surface area (Å²) in [5.41, 5.74) is 0.326. The maximum absolute atomic E-state index is 12.7. The van der Waals surface area contributed by atoms with Gasteiger partial charge >= 0.3 is 6.03 Å². The van der Waals surface area contributed by atoms with Gasteiger partial charge in [0.25, 0.3) is 0 Å². The summed E-state index contributed by atoms with van der Waals surface area (Å²) in [6, 6.07) is 4.74. The molecular formula is C16H18ClN3O3. The van der Waals surface area contributed by atoms with Gasteiger partial charge in [0.2, 0.25) is 0 Å². The minimum atomic E-state index is -1.17. The Hall–Kier alpha value is -1.81. The highest BCUT2D eigenvalue weighted by molar-refractivity contribution is 6.33. The first kappa shape index (κ1) is 16.1. The number of halogens is 1. The fraction of sp³-hybridized carbons (Fsp3) is 0.500. The van der Waals surface area contributed by atoms with Gasteiger partial charge in [-0.15, -0.1) is 0 Å². The smallest absolute Gasteiger partial charge is 0.327 e. The average Bonchev–Trinajstić information content (AvgIpc) is 3.00. The molecular weight excluding hydrogens is 318 g/mol. The molecule has 0 aromatic heterocycles. The van der Waals surface area contributed by atoms with E-state index in [1.54, 1.807) is 20.0 Å². The van der Waals surface area contributed by atoms with Crippen molar-refractivity contribution < 1.29 is 15.0 Å². The molecule has 1 aliphatic carbocycles. The molecule has 2 fully saturated rings. The van der Waals surface area contributed by atoms with E-state index in [9.17, 15) is 15.0 Å². The standard InChI is InChI=1S/C16H18ClN3O3/c1-9-11(6-5-10(8-18)13(9)17)20-14(22)16(19(2)15(20)23)7-3-4-12(16)21/h5-6,12,14,21-22H,3-4,7H2,1-2H3/t12-,14-,16-/m0/s1. The number of hydrogen-bond donors (Lipinski definition) is 2. The number of anilines is 1. The van der Waals surface area contributed by atoms with Crippen LogP contribution in [-0.4, -0.2) is 46.1 Å². The van der Waals surface area contributed by atoms with Gasteiger partial charge in [-0.2, -0.15) is 5.26 Å². The largest absolute Gasteiger partial charge is 0.390 e. The molecule has 2 aliphatic rings. The van der Waals surface area contributed by atoms with Crippen LogP contribution in [0.2, 0.25) is 5.02 Å². The predicted octanol–water partition coefficient (Wildman–Crippen LogP) is 1.99. The number of aliphatic hydroxyl groups is 2. The Balaban J connectivity index is 2.10. The minimum Gasteiger partial charge on any atom is -0.390 e. The van der Waals surface area contributed by atoms with E-state index in [4.69, 9.17) is 16.9 Å². The summed E-state index contributed by atoms with van der Waals surface area (Å²) in [7, 11) is 1.60.